The van der Waals surface area contributed by atoms with Gasteiger partial charge < -0.3 is 5.11 Å². The van der Waals surface area contributed by atoms with E-state index in [1.165, 1.54) is 17.1 Å². The van der Waals surface area contributed by atoms with E-state index in [0.717, 1.165) is 32.6 Å². The van der Waals surface area contributed by atoms with Crippen molar-refractivity contribution >= 4 is 38.6 Å². The van der Waals surface area contributed by atoms with Crippen molar-refractivity contribution < 1.29 is 9.90 Å². The third-order valence-electron chi connectivity index (χ3n) is 6.14. The van der Waals surface area contributed by atoms with Crippen molar-refractivity contribution in [2.45, 2.75) is 39.8 Å². The first-order chi connectivity index (χ1) is 16.3. The molecular formula is C26H24N4O3S. The summed E-state index contributed by atoms with van der Waals surface area (Å²) in [4.78, 5) is 30.1. The highest BCUT2D eigenvalue weighted by atomic mass is 32.1. The third kappa shape index (κ3) is 3.80. The maximum atomic E-state index is 13.9. The molecule has 1 atom stereocenters. The molecule has 3 aromatic heterocycles. The Balaban J connectivity index is 1.73. The second-order valence-electron chi connectivity index (χ2n) is 8.66. The molecule has 0 saturated heterocycles. The average Bonchev–Trinajstić information content (AvgIpc) is 3.31. The van der Waals surface area contributed by atoms with Crippen molar-refractivity contribution in [1.29, 1.82) is 0 Å². The second kappa shape index (κ2) is 8.53. The minimum Gasteiger partial charge on any atom is -0.481 e. The molecule has 3 heterocycles. The van der Waals surface area contributed by atoms with Gasteiger partial charge in [0.15, 0.2) is 0 Å². The van der Waals surface area contributed by atoms with E-state index in [1.807, 2.05) is 43.3 Å². The minimum absolute atomic E-state index is 0.206. The number of pyridine rings is 1. The van der Waals surface area contributed by atoms with Crippen LogP contribution in [0.4, 0.5) is 0 Å². The van der Waals surface area contributed by atoms with Crippen molar-refractivity contribution in [2.24, 2.45) is 0 Å². The van der Waals surface area contributed by atoms with Crippen LogP contribution in [-0.2, 0) is 11.3 Å². The first-order valence-electron chi connectivity index (χ1n) is 11.0. The summed E-state index contributed by atoms with van der Waals surface area (Å²) in [6, 6.07) is 14.7. The van der Waals surface area contributed by atoms with E-state index in [0.29, 0.717) is 11.0 Å². The van der Waals surface area contributed by atoms with Crippen LogP contribution in [0, 0.1) is 20.8 Å². The standard InChI is InChI=1S/C26H24N4O3S/c1-15-9-16(2)25-19(28-34-23(25)10-15)14-29-22-13-27-17(3)11-21(22)30(26(29)33)20(12-24(31)32)18-7-5-4-6-8-18/h4-11,13,20H,12,14H2,1-3H3,(H,31,32). The summed E-state index contributed by atoms with van der Waals surface area (Å²) in [7, 11) is 0. The predicted molar refractivity (Wildman–Crippen MR) is 134 cm³/mol. The third-order valence-corrected chi connectivity index (χ3v) is 6.97. The Morgan fingerprint density at radius 1 is 1.09 bits per heavy atom. The number of carboxylic acids is 1. The first kappa shape index (κ1) is 22.0. The van der Waals surface area contributed by atoms with Crippen LogP contribution in [0.25, 0.3) is 21.1 Å². The van der Waals surface area contributed by atoms with Gasteiger partial charge in [0.1, 0.15) is 0 Å². The molecule has 5 rings (SSSR count). The maximum Gasteiger partial charge on any atom is 0.330 e. The van der Waals surface area contributed by atoms with Crippen LogP contribution in [0.2, 0.25) is 0 Å². The number of carbonyl (C=O) groups is 1. The van der Waals surface area contributed by atoms with Gasteiger partial charge in [-0.15, -0.1) is 0 Å². The maximum absolute atomic E-state index is 13.9. The molecule has 0 aliphatic heterocycles. The summed E-state index contributed by atoms with van der Waals surface area (Å²) in [5, 5.41) is 10.7. The lowest BCUT2D eigenvalue weighted by molar-refractivity contribution is -0.137. The van der Waals surface area contributed by atoms with Crippen molar-refractivity contribution in [1.82, 2.24) is 18.5 Å². The topological polar surface area (TPSA) is 90.0 Å². The number of benzene rings is 2. The number of carboxylic acid groups (broad SMARTS) is 1. The highest BCUT2D eigenvalue weighted by molar-refractivity contribution is 7.13. The van der Waals surface area contributed by atoms with Crippen molar-refractivity contribution in [3.05, 3.63) is 93.3 Å². The number of imidazole rings is 1. The molecule has 0 spiro atoms. The van der Waals surface area contributed by atoms with Crippen LogP contribution in [0.15, 0.2) is 59.5 Å². The lowest BCUT2D eigenvalue weighted by Crippen LogP contribution is -2.29. The number of aliphatic carboxylic acids is 1. The number of hydrogen-bond donors (Lipinski definition) is 1. The van der Waals surface area contributed by atoms with Gasteiger partial charge in [0.25, 0.3) is 0 Å². The Labute approximate surface area is 200 Å². The molecule has 8 heteroatoms. The molecule has 7 nitrogen and oxygen atoms in total. The summed E-state index contributed by atoms with van der Waals surface area (Å²) >= 11 is 1.43. The fourth-order valence-corrected chi connectivity index (χ4v) is 5.67. The quantitative estimate of drug-likeness (QED) is 0.382. The van der Waals surface area contributed by atoms with Crippen LogP contribution in [0.1, 0.15) is 40.5 Å². The Morgan fingerprint density at radius 3 is 2.59 bits per heavy atom. The van der Waals surface area contributed by atoms with Crippen LogP contribution in [0.3, 0.4) is 0 Å². The number of fused-ring (bicyclic) bond motifs is 2. The Bertz CT molecular complexity index is 1600. The van der Waals surface area contributed by atoms with Gasteiger partial charge in [-0.3, -0.25) is 18.9 Å². The largest absolute Gasteiger partial charge is 0.481 e. The molecule has 0 amide bonds. The molecule has 5 aromatic rings. The average molecular weight is 473 g/mol. The normalized spacial score (nSPS) is 12.4. The van der Waals surface area contributed by atoms with Gasteiger partial charge in [-0.2, -0.15) is 4.37 Å². The van der Waals surface area contributed by atoms with E-state index < -0.39 is 12.0 Å². The number of aromatic nitrogens is 4. The molecule has 0 fully saturated rings. The van der Waals surface area contributed by atoms with E-state index in [9.17, 15) is 14.7 Å². The number of hydrogen-bond acceptors (Lipinski definition) is 5. The van der Waals surface area contributed by atoms with Crippen molar-refractivity contribution in [3.8, 4) is 0 Å². The number of nitrogens with zero attached hydrogens (tertiary/aromatic N) is 4. The molecule has 0 aliphatic rings. The summed E-state index contributed by atoms with van der Waals surface area (Å²) in [5.74, 6) is -0.969. The smallest absolute Gasteiger partial charge is 0.330 e. The summed E-state index contributed by atoms with van der Waals surface area (Å²) in [5.41, 5.74) is 5.70. The highest BCUT2D eigenvalue weighted by Crippen LogP contribution is 2.30. The molecule has 172 valence electrons. The van der Waals surface area contributed by atoms with E-state index in [4.69, 9.17) is 0 Å². The fourth-order valence-electron chi connectivity index (χ4n) is 4.71. The van der Waals surface area contributed by atoms with Crippen LogP contribution >= 0.6 is 11.5 Å². The Kier molecular flexibility index (Phi) is 5.53. The zero-order chi connectivity index (χ0) is 24.0. The van der Waals surface area contributed by atoms with Crippen molar-refractivity contribution in [3.63, 3.8) is 0 Å². The molecule has 2 aromatic carbocycles. The molecule has 0 bridgehead atoms. The first-order valence-corrected chi connectivity index (χ1v) is 11.8. The van der Waals surface area contributed by atoms with E-state index in [1.54, 1.807) is 15.3 Å². The van der Waals surface area contributed by atoms with Gasteiger partial charge in [-0.1, -0.05) is 36.4 Å². The van der Waals surface area contributed by atoms with Gasteiger partial charge in [-0.05, 0) is 61.1 Å². The van der Waals surface area contributed by atoms with Gasteiger partial charge in [0.2, 0.25) is 0 Å². The molecule has 34 heavy (non-hydrogen) atoms. The lowest BCUT2D eigenvalue weighted by atomic mass is 10.0. The number of aryl methyl sites for hydroxylation is 3. The van der Waals surface area contributed by atoms with Gasteiger partial charge in [-0.25, -0.2) is 4.79 Å². The van der Waals surface area contributed by atoms with Gasteiger partial charge >= 0.3 is 11.7 Å². The second-order valence-corrected chi connectivity index (χ2v) is 9.47. The van der Waals surface area contributed by atoms with E-state index >= 15 is 0 Å². The summed E-state index contributed by atoms with van der Waals surface area (Å²) < 4.78 is 9.02. The fraction of sp³-hybridized carbons (Fsp3) is 0.231. The molecular weight excluding hydrogens is 448 g/mol. The minimum atomic E-state index is -0.969. The van der Waals surface area contributed by atoms with Crippen LogP contribution in [-0.4, -0.2) is 29.6 Å². The van der Waals surface area contributed by atoms with Crippen LogP contribution in [0.5, 0.6) is 0 Å². The Morgan fingerprint density at radius 2 is 1.85 bits per heavy atom. The monoisotopic (exact) mass is 472 g/mol. The van der Waals surface area contributed by atoms with E-state index in [-0.39, 0.29) is 18.7 Å². The summed E-state index contributed by atoms with van der Waals surface area (Å²) in [6.45, 7) is 6.26. The lowest BCUT2D eigenvalue weighted by Gasteiger charge is -2.17. The van der Waals surface area contributed by atoms with Gasteiger partial charge in [0.05, 0.1) is 46.6 Å². The zero-order valence-electron chi connectivity index (χ0n) is 19.1. The molecule has 1 unspecified atom stereocenters. The van der Waals surface area contributed by atoms with E-state index in [2.05, 4.69) is 35.3 Å². The van der Waals surface area contributed by atoms with Crippen LogP contribution < -0.4 is 5.69 Å². The van der Waals surface area contributed by atoms with Gasteiger partial charge in [0, 0.05) is 11.1 Å². The SMILES string of the molecule is Cc1cc(C)c2c(Cn3c(=O)n(C(CC(=O)O)c4ccccc4)c4cc(C)ncc43)nsc2c1. The molecule has 0 aliphatic carbocycles. The molecule has 0 saturated carbocycles. The zero-order valence-corrected chi connectivity index (χ0v) is 20.0. The predicted octanol–water partition coefficient (Wildman–Crippen LogP) is 4.85. The summed E-state index contributed by atoms with van der Waals surface area (Å²) in [6.07, 6.45) is 1.49. The van der Waals surface area contributed by atoms with Crippen molar-refractivity contribution in [2.75, 3.05) is 0 Å². The number of rotatable bonds is 6. The highest BCUT2D eigenvalue weighted by Gasteiger charge is 2.25. The Hall–Kier alpha value is -3.78. The molecule has 0 radical (unpaired) electrons. The molecule has 1 N–H and O–H groups in total.